The number of hydrogen-bond donors (Lipinski definition) is 2. The van der Waals surface area contributed by atoms with Crippen molar-refractivity contribution in [3.63, 3.8) is 0 Å². The number of ether oxygens (including phenoxy) is 1. The Bertz CT molecular complexity index is 603. The molecule has 148 valence electrons. The van der Waals surface area contributed by atoms with Gasteiger partial charge in [-0.1, -0.05) is 0 Å². The van der Waals surface area contributed by atoms with E-state index in [1.807, 2.05) is 11.6 Å². The number of carbonyl (C=O) groups excluding carboxylic acids is 1. The summed E-state index contributed by atoms with van der Waals surface area (Å²) in [5.74, 6) is 2.54. The smallest absolute Gasteiger partial charge is 0.223 e. The normalized spacial score (nSPS) is 16.5. The van der Waals surface area contributed by atoms with E-state index in [-0.39, 0.29) is 35.9 Å². The fraction of sp³-hybridized carbons (Fsp3) is 0.750. The number of hydrogen-bond acceptors (Lipinski definition) is 5. The summed E-state index contributed by atoms with van der Waals surface area (Å²) in [4.78, 5) is 22.2. The molecule has 0 fully saturated rings. The van der Waals surface area contributed by atoms with Crippen LogP contribution in [-0.4, -0.2) is 71.9 Å². The molecule has 0 aromatic carbocycles. The van der Waals surface area contributed by atoms with E-state index in [4.69, 9.17) is 4.74 Å². The van der Waals surface area contributed by atoms with Gasteiger partial charge in [0.25, 0.3) is 0 Å². The van der Waals surface area contributed by atoms with Gasteiger partial charge >= 0.3 is 0 Å². The summed E-state index contributed by atoms with van der Waals surface area (Å²) < 4.78 is 7.03. The number of methoxy groups -OCH3 is 1. The lowest BCUT2D eigenvalue weighted by Crippen LogP contribution is -2.47. The van der Waals surface area contributed by atoms with Crippen LogP contribution in [0.25, 0.3) is 0 Å². The summed E-state index contributed by atoms with van der Waals surface area (Å²) in [5.41, 5.74) is 0. The minimum absolute atomic E-state index is 0. The van der Waals surface area contributed by atoms with E-state index in [2.05, 4.69) is 25.7 Å². The van der Waals surface area contributed by atoms with Gasteiger partial charge in [-0.05, 0) is 13.3 Å². The van der Waals surface area contributed by atoms with Crippen LogP contribution in [0, 0.1) is 0 Å². The number of nitrogens with zero attached hydrogens (tertiary/aromatic N) is 5. The number of nitrogens with one attached hydrogen (secondary N) is 2. The third kappa shape index (κ3) is 6.71. The van der Waals surface area contributed by atoms with Gasteiger partial charge in [0.05, 0.1) is 13.1 Å². The predicted molar refractivity (Wildman–Crippen MR) is 111 cm³/mol. The monoisotopic (exact) mass is 479 g/mol. The minimum Gasteiger partial charge on any atom is -0.377 e. The van der Waals surface area contributed by atoms with Gasteiger partial charge in [0.1, 0.15) is 12.4 Å². The number of aromatic nitrogens is 3. The Morgan fingerprint density at radius 3 is 2.88 bits per heavy atom. The van der Waals surface area contributed by atoms with E-state index in [1.165, 1.54) is 0 Å². The number of fused-ring (bicyclic) bond motifs is 1. The molecule has 1 aliphatic rings. The van der Waals surface area contributed by atoms with Gasteiger partial charge in [-0.3, -0.25) is 9.79 Å². The highest BCUT2D eigenvalue weighted by molar-refractivity contribution is 14.0. The van der Waals surface area contributed by atoms with Gasteiger partial charge in [0.2, 0.25) is 5.91 Å². The van der Waals surface area contributed by atoms with Gasteiger partial charge in [-0.25, -0.2) is 9.67 Å². The number of amides is 1. The molecule has 1 atom stereocenters. The van der Waals surface area contributed by atoms with Crippen LogP contribution in [0.1, 0.15) is 31.4 Å². The summed E-state index contributed by atoms with van der Waals surface area (Å²) in [6.07, 6.45) is 2.24. The zero-order chi connectivity index (χ0) is 18.2. The van der Waals surface area contributed by atoms with Crippen LogP contribution in [0.15, 0.2) is 4.99 Å². The van der Waals surface area contributed by atoms with Gasteiger partial charge in [-0.2, -0.15) is 5.10 Å². The molecule has 2 N–H and O–H groups in total. The first-order valence-corrected chi connectivity index (χ1v) is 8.70. The van der Waals surface area contributed by atoms with Crippen molar-refractivity contribution in [1.82, 2.24) is 30.3 Å². The number of aryl methyl sites for hydroxylation is 1. The average Bonchev–Trinajstić information content (AvgIpc) is 2.96. The first-order chi connectivity index (χ1) is 12.0. The van der Waals surface area contributed by atoms with Crippen LogP contribution >= 0.6 is 24.0 Å². The van der Waals surface area contributed by atoms with Crippen molar-refractivity contribution < 1.29 is 9.53 Å². The molecule has 1 amide bonds. The molecule has 9 nitrogen and oxygen atoms in total. The number of carbonyl (C=O) groups is 1. The molecule has 0 saturated carbocycles. The number of guanidine groups is 1. The first-order valence-electron chi connectivity index (χ1n) is 8.70. The first kappa shape index (κ1) is 22.6. The second kappa shape index (κ2) is 11.3. The Hall–Kier alpha value is -1.43. The lowest BCUT2D eigenvalue weighted by molar-refractivity contribution is -0.128. The van der Waals surface area contributed by atoms with E-state index in [1.54, 1.807) is 26.1 Å². The quantitative estimate of drug-likeness (QED) is 0.334. The van der Waals surface area contributed by atoms with Crippen molar-refractivity contribution in [2.75, 3.05) is 34.3 Å². The topological polar surface area (TPSA) is 96.7 Å². The highest BCUT2D eigenvalue weighted by atomic mass is 127. The van der Waals surface area contributed by atoms with Gasteiger partial charge in [-0.15, -0.1) is 24.0 Å². The van der Waals surface area contributed by atoms with Crippen LogP contribution in [0.4, 0.5) is 0 Å². The van der Waals surface area contributed by atoms with E-state index in [0.29, 0.717) is 19.6 Å². The van der Waals surface area contributed by atoms with E-state index < -0.39 is 0 Å². The molecule has 0 radical (unpaired) electrons. The number of halogens is 1. The largest absolute Gasteiger partial charge is 0.377 e. The standard InChI is InChI=1S/C16H29N7O2.HI/c1-5-17-16(18-9-8-15(24)22(2)3)19-12-6-7-14-20-13(11-25-4)21-23(14)10-12;/h12H,5-11H2,1-4H3,(H2,17,18,19);1H. The fourth-order valence-electron chi connectivity index (χ4n) is 2.67. The van der Waals surface area contributed by atoms with Crippen molar-refractivity contribution >= 4 is 35.8 Å². The van der Waals surface area contributed by atoms with Crippen molar-refractivity contribution in [1.29, 1.82) is 0 Å². The molecule has 1 aromatic rings. The molecule has 2 rings (SSSR count). The highest BCUT2D eigenvalue weighted by Crippen LogP contribution is 2.13. The summed E-state index contributed by atoms with van der Waals surface area (Å²) in [6, 6.07) is 0.229. The maximum Gasteiger partial charge on any atom is 0.223 e. The summed E-state index contributed by atoms with van der Waals surface area (Å²) in [5, 5.41) is 11.1. The van der Waals surface area contributed by atoms with Crippen molar-refractivity contribution in [3.8, 4) is 0 Å². The van der Waals surface area contributed by atoms with Crippen LogP contribution in [0.2, 0.25) is 0 Å². The molecule has 0 spiro atoms. The van der Waals surface area contributed by atoms with Gasteiger partial charge < -0.3 is 20.3 Å². The van der Waals surface area contributed by atoms with Crippen molar-refractivity contribution in [2.45, 2.75) is 45.4 Å². The third-order valence-electron chi connectivity index (χ3n) is 3.95. The number of rotatable bonds is 7. The van der Waals surface area contributed by atoms with Crippen LogP contribution < -0.4 is 10.6 Å². The Morgan fingerprint density at radius 1 is 1.46 bits per heavy atom. The molecule has 0 aliphatic carbocycles. The second-order valence-corrected chi connectivity index (χ2v) is 6.24. The lowest BCUT2D eigenvalue weighted by Gasteiger charge is -2.25. The van der Waals surface area contributed by atoms with E-state index >= 15 is 0 Å². The Morgan fingerprint density at radius 2 is 2.23 bits per heavy atom. The molecule has 10 heteroatoms. The molecule has 2 heterocycles. The zero-order valence-electron chi connectivity index (χ0n) is 16.0. The predicted octanol–water partition coefficient (Wildman–Crippen LogP) is 0.391. The zero-order valence-corrected chi connectivity index (χ0v) is 18.3. The molecule has 0 bridgehead atoms. The van der Waals surface area contributed by atoms with Crippen LogP contribution in [-0.2, 0) is 29.1 Å². The highest BCUT2D eigenvalue weighted by Gasteiger charge is 2.22. The van der Waals surface area contributed by atoms with Gasteiger partial charge in [0.15, 0.2) is 11.8 Å². The Kier molecular flexibility index (Phi) is 9.84. The van der Waals surface area contributed by atoms with Crippen LogP contribution in [0.3, 0.4) is 0 Å². The molecule has 1 unspecified atom stereocenters. The average molecular weight is 479 g/mol. The van der Waals surface area contributed by atoms with Crippen molar-refractivity contribution in [2.24, 2.45) is 4.99 Å². The van der Waals surface area contributed by atoms with Gasteiger partial charge in [0, 0.05) is 46.6 Å². The van der Waals surface area contributed by atoms with E-state index in [9.17, 15) is 4.79 Å². The SMILES string of the molecule is CCNC(=NCCC(=O)N(C)C)NC1CCc2nc(COC)nn2C1.I. The molecule has 26 heavy (non-hydrogen) atoms. The molecule has 0 saturated heterocycles. The second-order valence-electron chi connectivity index (χ2n) is 6.24. The summed E-state index contributed by atoms with van der Waals surface area (Å²) in [6.45, 7) is 4.43. The maximum atomic E-state index is 11.7. The molecular formula is C16H30IN7O2. The molecule has 1 aliphatic heterocycles. The van der Waals surface area contributed by atoms with E-state index in [0.717, 1.165) is 43.5 Å². The Balaban J connectivity index is 0.00000338. The number of aliphatic imine (C=N–C) groups is 1. The third-order valence-corrected chi connectivity index (χ3v) is 3.95. The van der Waals surface area contributed by atoms with Crippen molar-refractivity contribution in [3.05, 3.63) is 11.6 Å². The minimum atomic E-state index is 0. The Labute approximate surface area is 172 Å². The van der Waals surface area contributed by atoms with Crippen LogP contribution in [0.5, 0.6) is 0 Å². The fourth-order valence-corrected chi connectivity index (χ4v) is 2.67. The maximum absolute atomic E-state index is 11.7. The molecule has 1 aromatic heterocycles. The summed E-state index contributed by atoms with van der Waals surface area (Å²) in [7, 11) is 5.15. The summed E-state index contributed by atoms with van der Waals surface area (Å²) >= 11 is 0. The lowest BCUT2D eigenvalue weighted by atomic mass is 10.1. The molecular weight excluding hydrogens is 449 g/mol.